The molecule has 6 nitrogen and oxygen atoms in total. The van der Waals surface area contributed by atoms with E-state index in [9.17, 15) is 17.2 Å². The van der Waals surface area contributed by atoms with E-state index < -0.39 is 37.8 Å². The number of nitrogens with one attached hydrogen (secondary N) is 1. The molecule has 0 aliphatic carbocycles. The highest BCUT2D eigenvalue weighted by atomic mass is 79.9. The van der Waals surface area contributed by atoms with Crippen LogP contribution in [0.4, 0.5) is 14.5 Å². The number of halogens is 4. The van der Waals surface area contributed by atoms with Crippen LogP contribution in [0, 0.1) is 11.6 Å². The average Bonchev–Trinajstić information content (AvgIpc) is 2.65. The van der Waals surface area contributed by atoms with Gasteiger partial charge in [-0.3, -0.25) is 4.72 Å². The highest BCUT2D eigenvalue weighted by molar-refractivity contribution is 9.10. The molecular weight excluding hydrogens is 480 g/mol. The number of hydrogen-bond acceptors (Lipinski definition) is 5. The van der Waals surface area contributed by atoms with Gasteiger partial charge in [0.2, 0.25) is 5.88 Å². The standard InChI is InChI=1S/C17H11BrClF2N3O3S/c1-27-17-13(6-10(19)8-23-17)28(25,26)24-12-4-3-11(20)15(16(12)21)9-2-5-14(18)22-7-9/h2-8,24H,1H3. The number of anilines is 1. The molecule has 0 saturated carbocycles. The van der Waals surface area contributed by atoms with E-state index in [1.165, 1.54) is 31.6 Å². The minimum absolute atomic E-state index is 0.0439. The number of sulfonamides is 1. The number of nitrogens with zero attached hydrogens (tertiary/aromatic N) is 2. The number of methoxy groups -OCH3 is 1. The summed E-state index contributed by atoms with van der Waals surface area (Å²) in [6, 6.07) is 5.99. The van der Waals surface area contributed by atoms with E-state index in [1.807, 2.05) is 0 Å². The molecule has 0 saturated heterocycles. The van der Waals surface area contributed by atoms with Crippen molar-refractivity contribution < 1.29 is 21.9 Å². The molecule has 11 heteroatoms. The van der Waals surface area contributed by atoms with E-state index in [2.05, 4.69) is 30.6 Å². The van der Waals surface area contributed by atoms with Crippen LogP contribution < -0.4 is 9.46 Å². The summed E-state index contributed by atoms with van der Waals surface area (Å²) in [7, 11) is -3.10. The third-order valence-electron chi connectivity index (χ3n) is 3.62. The first-order valence-corrected chi connectivity index (χ1v) is 10.2. The van der Waals surface area contributed by atoms with Gasteiger partial charge in [0.15, 0.2) is 10.7 Å². The summed E-state index contributed by atoms with van der Waals surface area (Å²) in [5, 5.41) is 0.0439. The third kappa shape index (κ3) is 4.08. The van der Waals surface area contributed by atoms with Crippen LogP contribution in [0.3, 0.4) is 0 Å². The van der Waals surface area contributed by atoms with Gasteiger partial charge in [0.1, 0.15) is 10.4 Å². The summed E-state index contributed by atoms with van der Waals surface area (Å²) in [6.45, 7) is 0. The second-order valence-corrected chi connectivity index (χ2v) is 8.32. The summed E-state index contributed by atoms with van der Waals surface area (Å²) in [5.41, 5.74) is -0.737. The van der Waals surface area contributed by atoms with Crippen LogP contribution in [0.2, 0.25) is 5.02 Å². The number of ether oxygens (including phenoxy) is 1. The van der Waals surface area contributed by atoms with Crippen molar-refractivity contribution in [3.63, 3.8) is 0 Å². The lowest BCUT2D eigenvalue weighted by atomic mass is 10.1. The Morgan fingerprint density at radius 1 is 1.14 bits per heavy atom. The Kier molecular flexibility index (Phi) is 5.82. The molecule has 1 N–H and O–H groups in total. The van der Waals surface area contributed by atoms with Crippen LogP contribution in [-0.2, 0) is 10.0 Å². The van der Waals surface area contributed by atoms with Crippen molar-refractivity contribution in [2.45, 2.75) is 4.90 Å². The van der Waals surface area contributed by atoms with Crippen molar-refractivity contribution in [2.75, 3.05) is 11.8 Å². The fourth-order valence-electron chi connectivity index (χ4n) is 2.37. The molecule has 146 valence electrons. The second-order valence-electron chi connectivity index (χ2n) is 5.42. The van der Waals surface area contributed by atoms with Crippen LogP contribution in [0.1, 0.15) is 0 Å². The second kappa shape index (κ2) is 7.98. The van der Waals surface area contributed by atoms with Crippen molar-refractivity contribution in [2.24, 2.45) is 0 Å². The summed E-state index contributed by atoms with van der Waals surface area (Å²) in [4.78, 5) is 7.31. The van der Waals surface area contributed by atoms with Gasteiger partial charge >= 0.3 is 0 Å². The SMILES string of the molecule is COc1ncc(Cl)cc1S(=O)(=O)Nc1ccc(F)c(-c2ccc(Br)nc2)c1F. The summed E-state index contributed by atoms with van der Waals surface area (Å²) in [6.07, 6.45) is 2.46. The third-order valence-corrected chi connectivity index (χ3v) is 5.66. The predicted octanol–water partition coefficient (Wildman–Crippen LogP) is 4.65. The fourth-order valence-corrected chi connectivity index (χ4v) is 4.04. The number of pyridine rings is 2. The maximum absolute atomic E-state index is 14.9. The molecule has 3 rings (SSSR count). The van der Waals surface area contributed by atoms with Gasteiger partial charge in [-0.25, -0.2) is 27.2 Å². The lowest BCUT2D eigenvalue weighted by Gasteiger charge is -2.14. The van der Waals surface area contributed by atoms with E-state index in [-0.39, 0.29) is 16.5 Å². The van der Waals surface area contributed by atoms with Gasteiger partial charge in [-0.2, -0.15) is 0 Å². The largest absolute Gasteiger partial charge is 0.480 e. The van der Waals surface area contributed by atoms with Gasteiger partial charge < -0.3 is 4.74 Å². The molecule has 0 radical (unpaired) electrons. The minimum Gasteiger partial charge on any atom is -0.480 e. The van der Waals surface area contributed by atoms with Gasteiger partial charge in [-0.1, -0.05) is 11.6 Å². The van der Waals surface area contributed by atoms with Crippen molar-refractivity contribution in [1.82, 2.24) is 9.97 Å². The van der Waals surface area contributed by atoms with Crippen molar-refractivity contribution in [3.8, 4) is 17.0 Å². The van der Waals surface area contributed by atoms with Gasteiger partial charge in [0, 0.05) is 18.0 Å². The predicted molar refractivity (Wildman–Crippen MR) is 104 cm³/mol. The van der Waals surface area contributed by atoms with Crippen LogP contribution >= 0.6 is 27.5 Å². The monoisotopic (exact) mass is 489 g/mol. The maximum atomic E-state index is 14.9. The lowest BCUT2D eigenvalue weighted by Crippen LogP contribution is -2.16. The van der Waals surface area contributed by atoms with Crippen molar-refractivity contribution in [3.05, 3.63) is 64.0 Å². The zero-order chi connectivity index (χ0) is 20.5. The maximum Gasteiger partial charge on any atom is 0.267 e. The summed E-state index contributed by atoms with van der Waals surface area (Å²) < 4.78 is 62.1. The Balaban J connectivity index is 2.07. The molecule has 28 heavy (non-hydrogen) atoms. The first kappa shape index (κ1) is 20.4. The summed E-state index contributed by atoms with van der Waals surface area (Å²) in [5.74, 6) is -2.19. The van der Waals surface area contributed by atoms with E-state index in [1.54, 1.807) is 0 Å². The van der Waals surface area contributed by atoms with E-state index in [4.69, 9.17) is 16.3 Å². The van der Waals surface area contributed by atoms with Crippen molar-refractivity contribution >= 4 is 43.2 Å². The minimum atomic E-state index is -4.33. The molecule has 0 atom stereocenters. The van der Waals surface area contributed by atoms with E-state index >= 15 is 0 Å². The Morgan fingerprint density at radius 2 is 1.89 bits per heavy atom. The summed E-state index contributed by atoms with van der Waals surface area (Å²) >= 11 is 8.94. The molecule has 0 spiro atoms. The van der Waals surface area contributed by atoms with E-state index in [0.717, 1.165) is 18.2 Å². The first-order chi connectivity index (χ1) is 13.2. The number of benzene rings is 1. The quantitative estimate of drug-likeness (QED) is 0.527. The zero-order valence-electron chi connectivity index (χ0n) is 14.1. The smallest absolute Gasteiger partial charge is 0.267 e. The van der Waals surface area contributed by atoms with Crippen LogP contribution in [-0.4, -0.2) is 25.5 Å². The van der Waals surface area contributed by atoms with Crippen LogP contribution in [0.25, 0.3) is 11.1 Å². The first-order valence-electron chi connectivity index (χ1n) is 7.55. The van der Waals surface area contributed by atoms with Crippen LogP contribution in [0.15, 0.2) is 52.2 Å². The van der Waals surface area contributed by atoms with Gasteiger partial charge in [-0.05, 0) is 46.3 Å². The highest BCUT2D eigenvalue weighted by Crippen LogP contribution is 2.33. The molecule has 0 unspecified atom stereocenters. The molecule has 2 heterocycles. The Morgan fingerprint density at radius 3 is 2.54 bits per heavy atom. The lowest BCUT2D eigenvalue weighted by molar-refractivity contribution is 0.385. The van der Waals surface area contributed by atoms with Gasteiger partial charge in [-0.15, -0.1) is 0 Å². The molecule has 0 fully saturated rings. The molecule has 3 aromatic rings. The van der Waals surface area contributed by atoms with Gasteiger partial charge in [0.25, 0.3) is 10.0 Å². The average molecular weight is 491 g/mol. The topological polar surface area (TPSA) is 81.2 Å². The van der Waals surface area contributed by atoms with Crippen molar-refractivity contribution in [1.29, 1.82) is 0 Å². The van der Waals surface area contributed by atoms with E-state index in [0.29, 0.717) is 4.60 Å². The molecule has 2 aromatic heterocycles. The zero-order valence-corrected chi connectivity index (χ0v) is 17.2. The molecular formula is C17H11BrClF2N3O3S. The molecule has 0 aliphatic rings. The number of aromatic nitrogens is 2. The molecule has 0 aliphatic heterocycles. The number of hydrogen-bond donors (Lipinski definition) is 1. The Hall–Kier alpha value is -2.30. The van der Waals surface area contributed by atoms with Crippen LogP contribution in [0.5, 0.6) is 5.88 Å². The van der Waals surface area contributed by atoms with Gasteiger partial charge in [0.05, 0.1) is 23.4 Å². The number of rotatable bonds is 5. The molecule has 0 amide bonds. The molecule has 0 bridgehead atoms. The highest BCUT2D eigenvalue weighted by Gasteiger charge is 2.25. The fraction of sp³-hybridized carbons (Fsp3) is 0.0588. The molecule has 1 aromatic carbocycles. The normalized spacial score (nSPS) is 11.3. The Bertz CT molecular complexity index is 1150. The Labute approximate surface area is 172 Å².